The molecule has 39 heavy (non-hydrogen) atoms. The summed E-state index contributed by atoms with van der Waals surface area (Å²) in [6.07, 6.45) is -2.82. The Kier molecular flexibility index (Phi) is 7.46. The first-order chi connectivity index (χ1) is 18.2. The Labute approximate surface area is 222 Å². The van der Waals surface area contributed by atoms with Crippen LogP contribution in [0, 0.1) is 5.82 Å². The van der Waals surface area contributed by atoms with E-state index in [1.54, 1.807) is 46.8 Å². The lowest BCUT2D eigenvalue weighted by Crippen LogP contribution is -2.61. The van der Waals surface area contributed by atoms with Crippen LogP contribution in [0.2, 0.25) is 0 Å². The Hall–Kier alpha value is -3.90. The molecule has 9 nitrogen and oxygen atoms in total. The Bertz CT molecular complexity index is 1390. The van der Waals surface area contributed by atoms with Crippen LogP contribution in [0.1, 0.15) is 40.7 Å². The fourth-order valence-corrected chi connectivity index (χ4v) is 4.27. The Morgan fingerprint density at radius 1 is 1.08 bits per heavy atom. The van der Waals surface area contributed by atoms with Crippen molar-refractivity contribution >= 4 is 11.9 Å². The van der Waals surface area contributed by atoms with Gasteiger partial charge in [-0.2, -0.15) is 18.3 Å². The summed E-state index contributed by atoms with van der Waals surface area (Å²) in [5.41, 5.74) is -0.375. The third kappa shape index (κ3) is 6.07. The lowest BCUT2D eigenvalue weighted by atomic mass is 10.1. The van der Waals surface area contributed by atoms with Crippen molar-refractivity contribution in [1.82, 2.24) is 24.2 Å². The minimum atomic E-state index is -4.62. The number of benzene rings is 1. The second-order valence-corrected chi connectivity index (χ2v) is 10.6. The zero-order valence-corrected chi connectivity index (χ0v) is 22.2. The molecule has 0 spiro atoms. The number of amides is 1. The molecule has 13 heteroatoms. The van der Waals surface area contributed by atoms with E-state index in [-0.39, 0.29) is 30.6 Å². The van der Waals surface area contributed by atoms with E-state index in [1.165, 1.54) is 35.4 Å². The molecule has 210 valence electrons. The van der Waals surface area contributed by atoms with Gasteiger partial charge >= 0.3 is 18.0 Å². The van der Waals surface area contributed by atoms with Gasteiger partial charge in [-0.25, -0.2) is 28.2 Å². The number of ether oxygens (including phenoxy) is 1. The summed E-state index contributed by atoms with van der Waals surface area (Å²) in [6, 6.07) is 5.06. The summed E-state index contributed by atoms with van der Waals surface area (Å²) in [6.45, 7) is 7.85. The Morgan fingerprint density at radius 2 is 1.77 bits per heavy atom. The first kappa shape index (κ1) is 28.1. The molecular weight excluding hydrogens is 520 g/mol. The largest absolute Gasteiger partial charge is 0.444 e. The zero-order chi connectivity index (χ0) is 28.7. The monoisotopic (exact) mass is 550 g/mol. The number of piperazine rings is 1. The van der Waals surface area contributed by atoms with Crippen LogP contribution in [0.25, 0.3) is 16.8 Å². The standard InChI is InChI=1S/C26H30F4N6O3/c1-16(2)36-23(37)35(15-32-36)20-8-6-17(12-19(20)27)18-7-9-22(31-13-18)34-11-10-33(14-21(34)26(28,29)30)24(38)39-25(3,4)5/h6-9,12-13,15-16,21H,10-11,14H2,1-5H3. The highest BCUT2D eigenvalue weighted by molar-refractivity contribution is 5.69. The highest BCUT2D eigenvalue weighted by atomic mass is 19.4. The summed E-state index contributed by atoms with van der Waals surface area (Å²) in [4.78, 5) is 31.2. The van der Waals surface area contributed by atoms with E-state index in [0.29, 0.717) is 11.1 Å². The minimum Gasteiger partial charge on any atom is -0.444 e. The molecule has 1 amide bonds. The SMILES string of the molecule is CC(C)n1ncn(-c2ccc(-c3ccc(N4CCN(C(=O)OC(C)(C)C)CC4C(F)(F)F)nc3)cc2F)c1=O. The molecule has 1 aromatic carbocycles. The van der Waals surface area contributed by atoms with E-state index >= 15 is 0 Å². The number of hydrogen-bond acceptors (Lipinski definition) is 6. The summed E-state index contributed by atoms with van der Waals surface area (Å²) in [5.74, 6) is -0.591. The summed E-state index contributed by atoms with van der Waals surface area (Å²) in [7, 11) is 0. The van der Waals surface area contributed by atoms with Gasteiger partial charge < -0.3 is 14.5 Å². The lowest BCUT2D eigenvalue weighted by Gasteiger charge is -2.42. The number of halogens is 4. The van der Waals surface area contributed by atoms with Crippen LogP contribution in [0.4, 0.5) is 28.2 Å². The maximum Gasteiger partial charge on any atom is 0.410 e. The van der Waals surface area contributed by atoms with E-state index in [4.69, 9.17) is 4.74 Å². The predicted octanol–water partition coefficient (Wildman–Crippen LogP) is 4.80. The number of hydrogen-bond donors (Lipinski definition) is 0. The molecule has 2 aromatic heterocycles. The van der Waals surface area contributed by atoms with E-state index in [2.05, 4.69) is 10.1 Å². The van der Waals surface area contributed by atoms with Gasteiger partial charge in [-0.1, -0.05) is 6.07 Å². The number of anilines is 1. The van der Waals surface area contributed by atoms with Gasteiger partial charge in [0.05, 0.1) is 18.3 Å². The number of alkyl halides is 3. The second kappa shape index (κ2) is 10.3. The molecule has 0 bridgehead atoms. The van der Waals surface area contributed by atoms with Crippen molar-refractivity contribution in [1.29, 1.82) is 0 Å². The van der Waals surface area contributed by atoms with Gasteiger partial charge in [-0.15, -0.1) is 0 Å². The topological polar surface area (TPSA) is 85.5 Å². The highest BCUT2D eigenvalue weighted by Gasteiger charge is 2.48. The van der Waals surface area contributed by atoms with Crippen LogP contribution < -0.4 is 10.6 Å². The number of pyridine rings is 1. The fraction of sp³-hybridized carbons (Fsp3) is 0.462. The maximum absolute atomic E-state index is 15.0. The molecule has 4 rings (SSSR count). The number of rotatable bonds is 4. The van der Waals surface area contributed by atoms with E-state index in [9.17, 15) is 27.2 Å². The van der Waals surface area contributed by atoms with Crippen LogP contribution >= 0.6 is 0 Å². The first-order valence-electron chi connectivity index (χ1n) is 12.4. The van der Waals surface area contributed by atoms with Crippen LogP contribution in [-0.2, 0) is 4.74 Å². The first-order valence-corrected chi connectivity index (χ1v) is 12.4. The second-order valence-electron chi connectivity index (χ2n) is 10.6. The van der Waals surface area contributed by atoms with Gasteiger partial charge in [0.1, 0.15) is 29.6 Å². The maximum atomic E-state index is 15.0. The quantitative estimate of drug-likeness (QED) is 0.434. The predicted molar refractivity (Wildman–Crippen MR) is 136 cm³/mol. The molecule has 1 aliphatic rings. The van der Waals surface area contributed by atoms with Crippen LogP contribution in [0.3, 0.4) is 0 Å². The average Bonchev–Trinajstić information content (AvgIpc) is 3.23. The third-order valence-electron chi connectivity index (χ3n) is 6.18. The van der Waals surface area contributed by atoms with Gasteiger partial charge in [0.2, 0.25) is 0 Å². The van der Waals surface area contributed by atoms with E-state index in [1.807, 2.05) is 0 Å². The number of carbonyl (C=O) groups excluding carboxylic acids is 1. The molecule has 1 saturated heterocycles. The minimum absolute atomic E-state index is 0.0242. The summed E-state index contributed by atoms with van der Waals surface area (Å²) < 4.78 is 64.5. The van der Waals surface area contributed by atoms with Gasteiger partial charge in [0.25, 0.3) is 0 Å². The summed E-state index contributed by atoms with van der Waals surface area (Å²) >= 11 is 0. The molecule has 3 aromatic rings. The van der Waals surface area contributed by atoms with Crippen LogP contribution in [0.15, 0.2) is 47.7 Å². The molecule has 0 aliphatic carbocycles. The number of carbonyl (C=O) groups is 1. The molecule has 0 saturated carbocycles. The van der Waals surface area contributed by atoms with Crippen molar-refractivity contribution in [3.63, 3.8) is 0 Å². The van der Waals surface area contributed by atoms with Crippen molar-refractivity contribution in [3.8, 4) is 16.8 Å². The van der Waals surface area contributed by atoms with Crippen LogP contribution in [0.5, 0.6) is 0 Å². The molecule has 3 heterocycles. The molecule has 1 fully saturated rings. The van der Waals surface area contributed by atoms with Gasteiger partial charge in [0, 0.05) is 24.8 Å². The van der Waals surface area contributed by atoms with Crippen LogP contribution in [-0.4, -0.2) is 67.8 Å². The van der Waals surface area contributed by atoms with Gasteiger partial charge in [0.15, 0.2) is 0 Å². The normalized spacial score (nSPS) is 16.6. The molecule has 0 radical (unpaired) electrons. The molecular formula is C26H30F4N6O3. The van der Waals surface area contributed by atoms with Crippen molar-refractivity contribution in [2.45, 2.75) is 58.5 Å². The summed E-state index contributed by atoms with van der Waals surface area (Å²) in [5, 5.41) is 4.00. The number of nitrogens with zero attached hydrogens (tertiary/aromatic N) is 6. The van der Waals surface area contributed by atoms with E-state index in [0.717, 1.165) is 14.4 Å². The van der Waals surface area contributed by atoms with Crippen molar-refractivity contribution in [2.24, 2.45) is 0 Å². The fourth-order valence-electron chi connectivity index (χ4n) is 4.27. The molecule has 1 unspecified atom stereocenters. The van der Waals surface area contributed by atoms with Crippen molar-refractivity contribution in [3.05, 3.63) is 59.2 Å². The van der Waals surface area contributed by atoms with Gasteiger partial charge in [-0.3, -0.25) is 0 Å². The Balaban J connectivity index is 1.54. The number of aromatic nitrogens is 4. The van der Waals surface area contributed by atoms with E-state index < -0.39 is 42.0 Å². The molecule has 1 aliphatic heterocycles. The lowest BCUT2D eigenvalue weighted by molar-refractivity contribution is -0.155. The molecule has 0 N–H and O–H groups in total. The third-order valence-corrected chi connectivity index (χ3v) is 6.18. The average molecular weight is 551 g/mol. The highest BCUT2D eigenvalue weighted by Crippen LogP contribution is 2.32. The van der Waals surface area contributed by atoms with Crippen molar-refractivity contribution in [2.75, 3.05) is 24.5 Å². The zero-order valence-electron chi connectivity index (χ0n) is 22.2. The molecule has 1 atom stereocenters. The Morgan fingerprint density at radius 3 is 2.31 bits per heavy atom. The van der Waals surface area contributed by atoms with Gasteiger partial charge in [-0.05, 0) is 64.4 Å². The smallest absolute Gasteiger partial charge is 0.410 e. The van der Waals surface area contributed by atoms with Crippen molar-refractivity contribution < 1.29 is 27.1 Å².